The van der Waals surface area contributed by atoms with E-state index in [1.807, 2.05) is 11.9 Å². The number of carbonyl (C=O) groups excluding carboxylic acids is 1. The first kappa shape index (κ1) is 18.7. The molecule has 2 aliphatic rings. The van der Waals surface area contributed by atoms with Gasteiger partial charge < -0.3 is 15.4 Å². The van der Waals surface area contributed by atoms with Crippen molar-refractivity contribution in [1.82, 2.24) is 4.90 Å². The highest BCUT2D eigenvalue weighted by atomic mass is 35.5. The minimum atomic E-state index is 0. The van der Waals surface area contributed by atoms with Crippen LogP contribution in [-0.2, 0) is 9.53 Å². The molecular weight excluding hydrogens is 288 g/mol. The van der Waals surface area contributed by atoms with E-state index >= 15 is 0 Å². The molecule has 2 N–H and O–H groups in total. The molecule has 2 fully saturated rings. The van der Waals surface area contributed by atoms with E-state index in [4.69, 9.17) is 10.5 Å². The first-order valence-corrected chi connectivity index (χ1v) is 8.21. The number of carbonyl (C=O) groups is 1. The van der Waals surface area contributed by atoms with Gasteiger partial charge in [0, 0.05) is 26.6 Å². The second-order valence-electron chi connectivity index (χ2n) is 6.70. The van der Waals surface area contributed by atoms with Gasteiger partial charge in [-0.3, -0.25) is 4.79 Å². The van der Waals surface area contributed by atoms with Gasteiger partial charge in [-0.1, -0.05) is 19.3 Å². The van der Waals surface area contributed by atoms with Gasteiger partial charge in [-0.15, -0.1) is 12.4 Å². The van der Waals surface area contributed by atoms with Gasteiger partial charge in [0.2, 0.25) is 5.91 Å². The zero-order valence-corrected chi connectivity index (χ0v) is 14.1. The Bertz CT molecular complexity index is 313. The third-order valence-electron chi connectivity index (χ3n) is 5.05. The van der Waals surface area contributed by atoms with Crippen LogP contribution >= 0.6 is 12.4 Å². The fraction of sp³-hybridized carbons (Fsp3) is 0.938. The van der Waals surface area contributed by atoms with Gasteiger partial charge in [0.05, 0.1) is 6.10 Å². The van der Waals surface area contributed by atoms with Crippen molar-refractivity contribution in [3.63, 3.8) is 0 Å². The van der Waals surface area contributed by atoms with E-state index in [1.165, 1.54) is 25.7 Å². The van der Waals surface area contributed by atoms with Crippen LogP contribution in [0.5, 0.6) is 0 Å². The maximum absolute atomic E-state index is 12.5. The van der Waals surface area contributed by atoms with Crippen molar-refractivity contribution >= 4 is 18.3 Å². The number of likely N-dealkylation sites (N-methyl/N-ethyl adjacent to an activating group) is 1. The van der Waals surface area contributed by atoms with E-state index in [0.717, 1.165) is 38.8 Å². The lowest BCUT2D eigenvalue weighted by Gasteiger charge is -2.37. The average molecular weight is 319 g/mol. The summed E-state index contributed by atoms with van der Waals surface area (Å²) in [6.45, 7) is 2.23. The van der Waals surface area contributed by atoms with Gasteiger partial charge in [0.1, 0.15) is 0 Å². The first-order valence-electron chi connectivity index (χ1n) is 8.21. The summed E-state index contributed by atoms with van der Waals surface area (Å²) in [6, 6.07) is 0. The normalized spacial score (nSPS) is 25.0. The molecule has 1 unspecified atom stereocenters. The highest BCUT2D eigenvalue weighted by molar-refractivity contribution is 5.85. The molecular formula is C16H31ClN2O2. The van der Waals surface area contributed by atoms with Crippen LogP contribution in [0.25, 0.3) is 0 Å². The quantitative estimate of drug-likeness (QED) is 0.848. The van der Waals surface area contributed by atoms with Gasteiger partial charge in [0.25, 0.3) is 0 Å². The standard InChI is InChI=1S/C16H30N2O2.ClH/c1-18(12-14-7-3-6-10-20-14)15(19)11-16(13-17)8-4-2-5-9-16;/h14H,2-13,17H2,1H3;1H. The molecule has 5 heteroatoms. The Morgan fingerprint density at radius 2 is 1.95 bits per heavy atom. The van der Waals surface area contributed by atoms with Crippen LogP contribution in [0.2, 0.25) is 0 Å². The smallest absolute Gasteiger partial charge is 0.223 e. The van der Waals surface area contributed by atoms with E-state index < -0.39 is 0 Å². The molecule has 0 spiro atoms. The Morgan fingerprint density at radius 3 is 2.52 bits per heavy atom. The fourth-order valence-corrected chi connectivity index (χ4v) is 3.57. The van der Waals surface area contributed by atoms with E-state index in [0.29, 0.717) is 13.0 Å². The van der Waals surface area contributed by atoms with E-state index in [-0.39, 0.29) is 29.8 Å². The van der Waals surface area contributed by atoms with Crippen LogP contribution < -0.4 is 5.73 Å². The topological polar surface area (TPSA) is 55.6 Å². The lowest BCUT2D eigenvalue weighted by Crippen LogP contribution is -2.42. The van der Waals surface area contributed by atoms with Crippen LogP contribution in [0.1, 0.15) is 57.8 Å². The molecule has 21 heavy (non-hydrogen) atoms. The number of amides is 1. The molecule has 0 aromatic carbocycles. The molecule has 0 bridgehead atoms. The van der Waals surface area contributed by atoms with Crippen molar-refractivity contribution in [3.05, 3.63) is 0 Å². The average Bonchev–Trinajstić information content (AvgIpc) is 2.49. The minimum Gasteiger partial charge on any atom is -0.376 e. The first-order chi connectivity index (χ1) is 9.65. The second-order valence-corrected chi connectivity index (χ2v) is 6.70. The van der Waals surface area contributed by atoms with Crippen LogP contribution in [0.3, 0.4) is 0 Å². The molecule has 1 saturated heterocycles. The van der Waals surface area contributed by atoms with Crippen LogP contribution in [-0.4, -0.2) is 43.7 Å². The molecule has 2 rings (SSSR count). The number of hydrogen-bond acceptors (Lipinski definition) is 3. The summed E-state index contributed by atoms with van der Waals surface area (Å²) in [6.07, 6.45) is 10.3. The summed E-state index contributed by atoms with van der Waals surface area (Å²) in [5.41, 5.74) is 6.04. The molecule has 1 saturated carbocycles. The number of hydrogen-bond donors (Lipinski definition) is 1. The summed E-state index contributed by atoms with van der Waals surface area (Å²) >= 11 is 0. The third kappa shape index (κ3) is 5.42. The van der Waals surface area contributed by atoms with Crippen molar-refractivity contribution in [1.29, 1.82) is 0 Å². The van der Waals surface area contributed by atoms with Crippen molar-refractivity contribution in [2.24, 2.45) is 11.1 Å². The summed E-state index contributed by atoms with van der Waals surface area (Å²) < 4.78 is 5.72. The summed E-state index contributed by atoms with van der Waals surface area (Å²) in [7, 11) is 1.91. The molecule has 0 aromatic rings. The van der Waals surface area contributed by atoms with Crippen molar-refractivity contribution in [2.45, 2.75) is 63.9 Å². The predicted molar refractivity (Wildman–Crippen MR) is 87.7 cm³/mol. The monoisotopic (exact) mass is 318 g/mol. The summed E-state index contributed by atoms with van der Waals surface area (Å²) in [5.74, 6) is 0.242. The number of ether oxygens (including phenoxy) is 1. The molecule has 124 valence electrons. The zero-order valence-electron chi connectivity index (χ0n) is 13.3. The summed E-state index contributed by atoms with van der Waals surface area (Å²) in [4.78, 5) is 14.3. The molecule has 1 amide bonds. The number of nitrogens with two attached hydrogens (primary N) is 1. The summed E-state index contributed by atoms with van der Waals surface area (Å²) in [5, 5.41) is 0. The molecule has 1 heterocycles. The number of nitrogens with zero attached hydrogens (tertiary/aromatic N) is 1. The van der Waals surface area contributed by atoms with Gasteiger partial charge in [0.15, 0.2) is 0 Å². The fourth-order valence-electron chi connectivity index (χ4n) is 3.57. The second kappa shape index (κ2) is 8.96. The molecule has 1 atom stereocenters. The van der Waals surface area contributed by atoms with Gasteiger partial charge in [-0.05, 0) is 44.1 Å². The van der Waals surface area contributed by atoms with Crippen molar-refractivity contribution in [2.75, 3.05) is 26.7 Å². The Hall–Kier alpha value is -0.320. The molecule has 1 aliphatic carbocycles. The Labute approximate surface area is 135 Å². The maximum atomic E-state index is 12.5. The Kier molecular flexibility index (Phi) is 7.99. The SMILES string of the molecule is CN(CC1CCCCO1)C(=O)CC1(CN)CCCCC1.Cl. The zero-order chi connectivity index (χ0) is 14.4. The lowest BCUT2D eigenvalue weighted by atomic mass is 9.71. The van der Waals surface area contributed by atoms with Gasteiger partial charge >= 0.3 is 0 Å². The third-order valence-corrected chi connectivity index (χ3v) is 5.05. The van der Waals surface area contributed by atoms with Crippen molar-refractivity contribution in [3.8, 4) is 0 Å². The van der Waals surface area contributed by atoms with Gasteiger partial charge in [-0.2, -0.15) is 0 Å². The van der Waals surface area contributed by atoms with Crippen LogP contribution in [0, 0.1) is 5.41 Å². The van der Waals surface area contributed by atoms with E-state index in [9.17, 15) is 4.79 Å². The highest BCUT2D eigenvalue weighted by Gasteiger charge is 2.34. The Balaban J connectivity index is 0.00000220. The van der Waals surface area contributed by atoms with Gasteiger partial charge in [-0.25, -0.2) is 0 Å². The van der Waals surface area contributed by atoms with Crippen LogP contribution in [0.4, 0.5) is 0 Å². The number of rotatable bonds is 5. The van der Waals surface area contributed by atoms with Crippen molar-refractivity contribution < 1.29 is 9.53 Å². The molecule has 1 aliphatic heterocycles. The van der Waals surface area contributed by atoms with Crippen LogP contribution in [0.15, 0.2) is 0 Å². The Morgan fingerprint density at radius 1 is 1.24 bits per heavy atom. The molecule has 4 nitrogen and oxygen atoms in total. The van der Waals surface area contributed by atoms with E-state index in [2.05, 4.69) is 0 Å². The lowest BCUT2D eigenvalue weighted by molar-refractivity contribution is -0.135. The minimum absolute atomic E-state index is 0. The van der Waals surface area contributed by atoms with E-state index in [1.54, 1.807) is 0 Å². The highest BCUT2D eigenvalue weighted by Crippen LogP contribution is 2.38. The molecule has 0 radical (unpaired) electrons. The maximum Gasteiger partial charge on any atom is 0.223 e. The molecule has 0 aromatic heterocycles. The largest absolute Gasteiger partial charge is 0.376 e. The predicted octanol–water partition coefficient (Wildman–Crippen LogP) is 2.74. The number of halogens is 1.